The summed E-state index contributed by atoms with van der Waals surface area (Å²) in [5, 5.41) is 5.45. The molecule has 3 aromatic heterocycles. The van der Waals surface area contributed by atoms with E-state index >= 15 is 0 Å². The summed E-state index contributed by atoms with van der Waals surface area (Å²) in [7, 11) is 1.60. The van der Waals surface area contributed by atoms with Gasteiger partial charge in [-0.1, -0.05) is 28.9 Å². The second-order valence-corrected chi connectivity index (χ2v) is 7.97. The lowest BCUT2D eigenvalue weighted by atomic mass is 10.0. The summed E-state index contributed by atoms with van der Waals surface area (Å²) in [6.45, 7) is 2.51. The lowest BCUT2D eigenvalue weighted by Crippen LogP contribution is -2.05. The van der Waals surface area contributed by atoms with Crippen LogP contribution >= 0.6 is 11.6 Å². The Labute approximate surface area is 194 Å². The van der Waals surface area contributed by atoms with E-state index in [1.807, 2.05) is 49.4 Å². The molecule has 0 saturated heterocycles. The molecular formula is C25H19ClN4O3. The van der Waals surface area contributed by atoms with Crippen LogP contribution in [0.25, 0.3) is 22.4 Å². The smallest absolute Gasteiger partial charge is 0.233 e. The van der Waals surface area contributed by atoms with Crippen LogP contribution < -0.4 is 4.74 Å². The van der Waals surface area contributed by atoms with Gasteiger partial charge in [-0.3, -0.25) is 4.79 Å². The van der Waals surface area contributed by atoms with Crippen molar-refractivity contribution in [3.05, 3.63) is 94.6 Å². The molecule has 8 heteroatoms. The van der Waals surface area contributed by atoms with Gasteiger partial charge >= 0.3 is 0 Å². The van der Waals surface area contributed by atoms with E-state index in [-0.39, 0.29) is 11.5 Å². The third-order valence-electron chi connectivity index (χ3n) is 5.54. The molecule has 0 N–H and O–H groups in total. The molecule has 0 aliphatic rings. The summed E-state index contributed by atoms with van der Waals surface area (Å²) in [6, 6.07) is 16.6. The summed E-state index contributed by atoms with van der Waals surface area (Å²) in [4.78, 5) is 21.9. The highest BCUT2D eigenvalue weighted by Gasteiger charge is 2.25. The van der Waals surface area contributed by atoms with Crippen LogP contribution in [0.15, 0.2) is 71.5 Å². The molecule has 5 aromatic rings. The minimum atomic E-state index is -0.268. The van der Waals surface area contributed by atoms with Gasteiger partial charge in [0.05, 0.1) is 12.7 Å². The molecule has 0 spiro atoms. The molecular weight excluding hydrogens is 440 g/mol. The van der Waals surface area contributed by atoms with E-state index in [2.05, 4.69) is 19.7 Å². The second kappa shape index (κ2) is 8.52. The predicted octanol–water partition coefficient (Wildman–Crippen LogP) is 5.34. The zero-order valence-corrected chi connectivity index (χ0v) is 18.7. The number of hydrogen-bond donors (Lipinski definition) is 0. The zero-order valence-electron chi connectivity index (χ0n) is 17.9. The molecule has 33 heavy (non-hydrogen) atoms. The summed E-state index contributed by atoms with van der Waals surface area (Å²) in [6.07, 6.45) is 3.22. The van der Waals surface area contributed by atoms with E-state index in [0.717, 1.165) is 22.2 Å². The van der Waals surface area contributed by atoms with Gasteiger partial charge in [0, 0.05) is 46.6 Å². The fraction of sp³-hybridized carbons (Fsp3) is 0.120. The van der Waals surface area contributed by atoms with Gasteiger partial charge in [0.1, 0.15) is 5.75 Å². The molecule has 7 nitrogen and oxygen atoms in total. The molecule has 0 fully saturated rings. The molecule has 164 valence electrons. The van der Waals surface area contributed by atoms with Gasteiger partial charge in [-0.25, -0.2) is 9.97 Å². The highest BCUT2D eigenvalue weighted by Crippen LogP contribution is 2.32. The van der Waals surface area contributed by atoms with Gasteiger partial charge in [-0.15, -0.1) is 0 Å². The van der Waals surface area contributed by atoms with Crippen LogP contribution in [-0.4, -0.2) is 32.6 Å². The van der Waals surface area contributed by atoms with Crippen molar-refractivity contribution in [1.29, 1.82) is 0 Å². The van der Waals surface area contributed by atoms with Gasteiger partial charge in [-0.05, 0) is 48.9 Å². The number of ether oxygens (including phenoxy) is 1. The van der Waals surface area contributed by atoms with Gasteiger partial charge in [0.25, 0.3) is 0 Å². The lowest BCUT2D eigenvalue weighted by Gasteiger charge is -2.09. The number of hydrogen-bond acceptors (Lipinski definition) is 6. The topological polar surface area (TPSA) is 83.0 Å². The van der Waals surface area contributed by atoms with Crippen LogP contribution in [0.5, 0.6) is 5.75 Å². The number of fused-ring (bicyclic) bond motifs is 1. The maximum atomic E-state index is 13.6. The maximum Gasteiger partial charge on any atom is 0.233 e. The van der Waals surface area contributed by atoms with Gasteiger partial charge in [-0.2, -0.15) is 0 Å². The summed E-state index contributed by atoms with van der Waals surface area (Å²) < 4.78 is 12.9. The van der Waals surface area contributed by atoms with Crippen molar-refractivity contribution in [2.75, 3.05) is 7.11 Å². The molecule has 2 aromatic carbocycles. The van der Waals surface area contributed by atoms with Crippen molar-refractivity contribution in [2.24, 2.45) is 0 Å². The van der Waals surface area contributed by atoms with Gasteiger partial charge < -0.3 is 13.8 Å². The van der Waals surface area contributed by atoms with Crippen LogP contribution in [0.4, 0.5) is 0 Å². The molecule has 0 radical (unpaired) electrons. The number of methoxy groups -OCH3 is 1. The number of nitrogens with zero attached hydrogens (tertiary/aromatic N) is 4. The first-order chi connectivity index (χ1) is 16.0. The number of carbonyl (C=O) groups is 1. The molecule has 0 aliphatic carbocycles. The second-order valence-electron chi connectivity index (χ2n) is 7.53. The van der Waals surface area contributed by atoms with Crippen LogP contribution in [0, 0.1) is 6.92 Å². The number of carbonyl (C=O) groups excluding carboxylic acids is 1. The Balaban J connectivity index is 1.61. The Morgan fingerprint density at radius 3 is 2.58 bits per heavy atom. The van der Waals surface area contributed by atoms with E-state index in [1.165, 1.54) is 0 Å². The maximum absolute atomic E-state index is 13.6. The number of halogens is 1. The first-order valence-electron chi connectivity index (χ1n) is 10.2. The van der Waals surface area contributed by atoms with E-state index in [4.69, 9.17) is 20.9 Å². The summed E-state index contributed by atoms with van der Waals surface area (Å²) >= 11 is 6.04. The largest absolute Gasteiger partial charge is 0.497 e. The summed E-state index contributed by atoms with van der Waals surface area (Å²) in [5.41, 5.74) is 3.73. The van der Waals surface area contributed by atoms with E-state index in [9.17, 15) is 4.79 Å². The quantitative estimate of drug-likeness (QED) is 0.319. The third kappa shape index (κ3) is 3.87. The molecule has 0 saturated carbocycles. The van der Waals surface area contributed by atoms with Crippen molar-refractivity contribution in [3.8, 4) is 17.3 Å². The Morgan fingerprint density at radius 1 is 1.09 bits per heavy atom. The average molecular weight is 459 g/mol. The zero-order chi connectivity index (χ0) is 22.9. The molecule has 3 heterocycles. The Hall–Kier alpha value is -3.97. The van der Waals surface area contributed by atoms with E-state index < -0.39 is 0 Å². The average Bonchev–Trinajstić information content (AvgIpc) is 3.44. The minimum Gasteiger partial charge on any atom is -0.497 e. The molecule has 5 rings (SSSR count). The minimum absolute atomic E-state index is 0.119. The normalized spacial score (nSPS) is 11.1. The highest BCUT2D eigenvalue weighted by molar-refractivity contribution is 6.30. The van der Waals surface area contributed by atoms with Crippen LogP contribution in [-0.2, 0) is 6.54 Å². The fourth-order valence-corrected chi connectivity index (χ4v) is 4.02. The standard InChI is InChI=1S/C25H19ClN4O3/c1-15-23(24(31)22-13-20(29-33-22)25-27-10-3-11-28-25)19-12-18(32-2)8-9-21(19)30(15)14-16-4-6-17(26)7-5-16/h3-13H,14H2,1-2H3. The Kier molecular flexibility index (Phi) is 5.40. The Bertz CT molecular complexity index is 1460. The SMILES string of the molecule is COc1ccc2c(c1)c(C(=O)c1cc(-c3ncccn3)no1)c(C)n2Cc1ccc(Cl)cc1. The van der Waals surface area contributed by atoms with Crippen molar-refractivity contribution in [1.82, 2.24) is 19.7 Å². The van der Waals surface area contributed by atoms with Crippen LogP contribution in [0.1, 0.15) is 27.4 Å². The van der Waals surface area contributed by atoms with Crippen molar-refractivity contribution >= 4 is 28.3 Å². The van der Waals surface area contributed by atoms with E-state index in [1.54, 1.807) is 31.6 Å². The molecule has 0 amide bonds. The van der Waals surface area contributed by atoms with Gasteiger partial charge in [0.15, 0.2) is 11.5 Å². The third-order valence-corrected chi connectivity index (χ3v) is 5.79. The molecule has 0 unspecified atom stereocenters. The lowest BCUT2D eigenvalue weighted by molar-refractivity contribution is 0.100. The predicted molar refractivity (Wildman–Crippen MR) is 125 cm³/mol. The van der Waals surface area contributed by atoms with Crippen molar-refractivity contribution in [2.45, 2.75) is 13.5 Å². The number of rotatable bonds is 6. The first kappa shape index (κ1) is 20.9. The van der Waals surface area contributed by atoms with Crippen molar-refractivity contribution in [3.63, 3.8) is 0 Å². The molecule has 0 aliphatic heterocycles. The number of benzene rings is 2. The van der Waals surface area contributed by atoms with E-state index in [0.29, 0.717) is 34.4 Å². The van der Waals surface area contributed by atoms with Crippen molar-refractivity contribution < 1.29 is 14.1 Å². The summed E-state index contributed by atoms with van der Waals surface area (Å²) in [5.74, 6) is 0.907. The number of aromatic nitrogens is 4. The fourth-order valence-electron chi connectivity index (χ4n) is 3.89. The monoisotopic (exact) mass is 458 g/mol. The van der Waals surface area contributed by atoms with Crippen LogP contribution in [0.3, 0.4) is 0 Å². The number of ketones is 1. The Morgan fingerprint density at radius 2 is 1.85 bits per heavy atom. The van der Waals surface area contributed by atoms with Gasteiger partial charge in [0.2, 0.25) is 11.5 Å². The molecule has 0 atom stereocenters. The first-order valence-corrected chi connectivity index (χ1v) is 10.6. The van der Waals surface area contributed by atoms with Crippen LogP contribution in [0.2, 0.25) is 5.02 Å². The highest BCUT2D eigenvalue weighted by atomic mass is 35.5. The molecule has 0 bridgehead atoms.